The highest BCUT2D eigenvalue weighted by Crippen LogP contribution is 2.22. The predicted octanol–water partition coefficient (Wildman–Crippen LogP) is 7.75. The lowest BCUT2D eigenvalue weighted by atomic mass is 10.1. The van der Waals surface area contributed by atoms with Crippen molar-refractivity contribution in [1.29, 1.82) is 0 Å². The summed E-state index contributed by atoms with van der Waals surface area (Å²) < 4.78 is 27.9. The zero-order valence-electron chi connectivity index (χ0n) is 23.7. The van der Waals surface area contributed by atoms with Crippen molar-refractivity contribution in [2.75, 3.05) is 11.3 Å². The summed E-state index contributed by atoms with van der Waals surface area (Å²) in [4.78, 5) is 12.7. The number of hydrogen-bond donors (Lipinski definition) is 3. The molecule has 0 spiro atoms. The molecule has 0 aliphatic heterocycles. The number of rotatable bonds is 21. The van der Waals surface area contributed by atoms with E-state index >= 15 is 0 Å². The van der Waals surface area contributed by atoms with Crippen LogP contribution in [0.25, 0.3) is 0 Å². The summed E-state index contributed by atoms with van der Waals surface area (Å²) in [5.41, 5.74) is 0.952. The number of carbonyl (C=O) groups excluding carboxylic acids is 1. The van der Waals surface area contributed by atoms with Crippen molar-refractivity contribution in [1.82, 2.24) is 5.32 Å². The molecule has 0 aromatic heterocycles. The number of hydrogen-bond acceptors (Lipinski definition) is 4. The minimum absolute atomic E-state index is 0.115. The Labute approximate surface area is 236 Å². The van der Waals surface area contributed by atoms with Gasteiger partial charge >= 0.3 is 0 Å². The SMILES string of the molecule is CCCCCCCC/C=C\CCCCCCCCNC(=O)c1ccc(CO)c(NS(=O)(=O)c2ccccc2)c1. The Morgan fingerprint density at radius 3 is 2.00 bits per heavy atom. The van der Waals surface area contributed by atoms with Gasteiger partial charge in [0.1, 0.15) is 0 Å². The van der Waals surface area contributed by atoms with Gasteiger partial charge in [0.25, 0.3) is 15.9 Å². The Morgan fingerprint density at radius 1 is 0.795 bits per heavy atom. The van der Waals surface area contributed by atoms with E-state index in [4.69, 9.17) is 0 Å². The van der Waals surface area contributed by atoms with E-state index in [0.717, 1.165) is 19.3 Å². The maximum Gasteiger partial charge on any atom is 0.261 e. The molecule has 0 saturated carbocycles. The number of benzene rings is 2. The van der Waals surface area contributed by atoms with Gasteiger partial charge < -0.3 is 10.4 Å². The molecule has 0 aliphatic carbocycles. The Hall–Kier alpha value is -2.64. The predicted molar refractivity (Wildman–Crippen MR) is 161 cm³/mol. The topological polar surface area (TPSA) is 95.5 Å². The van der Waals surface area contributed by atoms with Gasteiger partial charge in [-0.25, -0.2) is 8.42 Å². The second-order valence-electron chi connectivity index (χ2n) is 10.1. The average molecular weight is 557 g/mol. The molecular weight excluding hydrogens is 508 g/mol. The van der Waals surface area contributed by atoms with Crippen molar-refractivity contribution in [3.8, 4) is 0 Å². The third-order valence-corrected chi connectivity index (χ3v) is 8.20. The highest BCUT2D eigenvalue weighted by Gasteiger charge is 2.17. The van der Waals surface area contributed by atoms with E-state index in [1.165, 1.54) is 88.8 Å². The third-order valence-electron chi connectivity index (χ3n) is 6.81. The standard InChI is InChI=1S/C32H48N2O4S/c1-2-3-4-5-6-7-8-9-10-11-12-13-14-15-16-20-25-33-32(36)28-23-24-29(27-35)31(26-28)34-39(37,38)30-21-18-17-19-22-30/h9-10,17-19,21-24,26,34-35H,2-8,11-16,20,25,27H2,1H3,(H,33,36)/b10-9-. The van der Waals surface area contributed by atoms with E-state index in [0.29, 0.717) is 17.7 Å². The van der Waals surface area contributed by atoms with Gasteiger partial charge in [-0.05, 0) is 56.4 Å². The Balaban J connectivity index is 1.61. The Kier molecular flexibility index (Phi) is 16.2. The molecule has 216 valence electrons. The van der Waals surface area contributed by atoms with Crippen molar-refractivity contribution < 1.29 is 18.3 Å². The van der Waals surface area contributed by atoms with Crippen LogP contribution in [0.15, 0.2) is 65.6 Å². The molecule has 0 heterocycles. The lowest BCUT2D eigenvalue weighted by Gasteiger charge is -2.13. The monoisotopic (exact) mass is 556 g/mol. The summed E-state index contributed by atoms with van der Waals surface area (Å²) in [6.45, 7) is 2.49. The van der Waals surface area contributed by atoms with Crippen molar-refractivity contribution in [2.24, 2.45) is 0 Å². The molecule has 0 aliphatic rings. The first-order valence-electron chi connectivity index (χ1n) is 14.7. The highest BCUT2D eigenvalue weighted by molar-refractivity contribution is 7.92. The highest BCUT2D eigenvalue weighted by atomic mass is 32.2. The number of allylic oxidation sites excluding steroid dienone is 2. The van der Waals surface area contributed by atoms with E-state index in [1.54, 1.807) is 30.3 Å². The molecule has 6 nitrogen and oxygen atoms in total. The maximum atomic E-state index is 12.7. The van der Waals surface area contributed by atoms with Gasteiger partial charge in [-0.3, -0.25) is 9.52 Å². The molecule has 39 heavy (non-hydrogen) atoms. The fourth-order valence-corrected chi connectivity index (χ4v) is 5.54. The molecule has 7 heteroatoms. The summed E-state index contributed by atoms with van der Waals surface area (Å²) in [7, 11) is -3.83. The fourth-order valence-electron chi connectivity index (χ4n) is 4.43. The number of aliphatic hydroxyl groups is 1. The number of amides is 1. The van der Waals surface area contributed by atoms with Gasteiger partial charge in [0.2, 0.25) is 0 Å². The average Bonchev–Trinajstić information content (AvgIpc) is 2.94. The lowest BCUT2D eigenvalue weighted by molar-refractivity contribution is 0.0953. The molecule has 3 N–H and O–H groups in total. The molecule has 0 unspecified atom stereocenters. The first kappa shape index (κ1) is 32.6. The van der Waals surface area contributed by atoms with Crippen molar-refractivity contribution in [3.63, 3.8) is 0 Å². The fraction of sp³-hybridized carbons (Fsp3) is 0.531. The van der Waals surface area contributed by atoms with Gasteiger partial charge in [0, 0.05) is 17.7 Å². The van der Waals surface area contributed by atoms with Gasteiger partial charge in [-0.2, -0.15) is 0 Å². The molecule has 0 fully saturated rings. The van der Waals surface area contributed by atoms with E-state index in [2.05, 4.69) is 29.1 Å². The number of nitrogens with one attached hydrogen (secondary N) is 2. The number of aliphatic hydroxyl groups excluding tert-OH is 1. The van der Waals surface area contributed by atoms with E-state index in [9.17, 15) is 18.3 Å². The second kappa shape index (κ2) is 19.4. The second-order valence-corrected chi connectivity index (χ2v) is 11.8. The largest absolute Gasteiger partial charge is 0.392 e. The van der Waals surface area contributed by atoms with E-state index < -0.39 is 10.0 Å². The van der Waals surface area contributed by atoms with Crippen LogP contribution in [0.5, 0.6) is 0 Å². The zero-order valence-corrected chi connectivity index (χ0v) is 24.5. The van der Waals surface area contributed by atoms with Crippen LogP contribution >= 0.6 is 0 Å². The van der Waals surface area contributed by atoms with E-state index in [1.807, 2.05) is 0 Å². The first-order chi connectivity index (χ1) is 19.0. The Morgan fingerprint density at radius 2 is 1.38 bits per heavy atom. The molecule has 0 radical (unpaired) electrons. The van der Waals surface area contributed by atoms with Crippen molar-refractivity contribution in [3.05, 3.63) is 71.8 Å². The van der Waals surface area contributed by atoms with Crippen LogP contribution in [-0.2, 0) is 16.6 Å². The molecule has 1 amide bonds. The minimum atomic E-state index is -3.83. The Bertz CT molecular complexity index is 1080. The molecule has 2 aromatic rings. The molecule has 0 saturated heterocycles. The van der Waals surface area contributed by atoms with Crippen LogP contribution in [0.4, 0.5) is 5.69 Å². The third kappa shape index (κ3) is 13.3. The number of carbonyl (C=O) groups is 1. The van der Waals surface area contributed by atoms with Gasteiger partial charge in [-0.1, -0.05) is 101 Å². The van der Waals surface area contributed by atoms with Crippen molar-refractivity contribution in [2.45, 2.75) is 108 Å². The lowest BCUT2D eigenvalue weighted by Crippen LogP contribution is -2.25. The van der Waals surface area contributed by atoms with Crippen LogP contribution in [0.1, 0.15) is 113 Å². The van der Waals surface area contributed by atoms with Gasteiger partial charge in [-0.15, -0.1) is 0 Å². The summed E-state index contributed by atoms with van der Waals surface area (Å²) in [6.07, 6.45) is 22.0. The molecule has 0 atom stereocenters. The van der Waals surface area contributed by atoms with Crippen LogP contribution in [0.2, 0.25) is 0 Å². The number of anilines is 1. The summed E-state index contributed by atoms with van der Waals surface area (Å²) >= 11 is 0. The van der Waals surface area contributed by atoms with Crippen molar-refractivity contribution >= 4 is 21.6 Å². The van der Waals surface area contributed by atoms with Crippen LogP contribution in [-0.4, -0.2) is 26.0 Å². The number of unbranched alkanes of at least 4 members (excludes halogenated alkanes) is 12. The van der Waals surface area contributed by atoms with Crippen LogP contribution in [0, 0.1) is 0 Å². The summed E-state index contributed by atoms with van der Waals surface area (Å²) in [5, 5.41) is 12.6. The molecular formula is C32H48N2O4S. The normalized spacial score (nSPS) is 11.6. The summed E-state index contributed by atoms with van der Waals surface area (Å²) in [5.74, 6) is -0.257. The van der Waals surface area contributed by atoms with E-state index in [-0.39, 0.29) is 23.1 Å². The molecule has 0 bridgehead atoms. The zero-order chi connectivity index (χ0) is 28.2. The minimum Gasteiger partial charge on any atom is -0.392 e. The molecule has 2 aromatic carbocycles. The van der Waals surface area contributed by atoms with Crippen LogP contribution in [0.3, 0.4) is 0 Å². The summed E-state index contributed by atoms with van der Waals surface area (Å²) in [6, 6.07) is 12.6. The van der Waals surface area contributed by atoms with Crippen LogP contribution < -0.4 is 10.0 Å². The smallest absolute Gasteiger partial charge is 0.261 e. The van der Waals surface area contributed by atoms with Gasteiger partial charge in [0.15, 0.2) is 0 Å². The van der Waals surface area contributed by atoms with Gasteiger partial charge in [0.05, 0.1) is 17.2 Å². The maximum absolute atomic E-state index is 12.7. The molecule has 2 rings (SSSR count). The quantitative estimate of drug-likeness (QED) is 0.108. The first-order valence-corrected chi connectivity index (χ1v) is 16.2. The number of sulfonamides is 1.